The number of halogens is 1. The Morgan fingerprint density at radius 1 is 1.33 bits per heavy atom. The van der Waals surface area contributed by atoms with Crippen LogP contribution in [0.2, 0.25) is 0 Å². The van der Waals surface area contributed by atoms with E-state index < -0.39 is 0 Å². The van der Waals surface area contributed by atoms with Gasteiger partial charge in [-0.25, -0.2) is 4.39 Å². The second-order valence-corrected chi connectivity index (χ2v) is 5.79. The summed E-state index contributed by atoms with van der Waals surface area (Å²) in [6.45, 7) is 6.09. The number of nitrogens with one attached hydrogen (secondary N) is 1. The lowest BCUT2D eigenvalue weighted by Crippen LogP contribution is -2.29. The number of hydrogen-bond acceptors (Lipinski definition) is 4. The van der Waals surface area contributed by atoms with Crippen molar-refractivity contribution < 1.29 is 8.91 Å². The number of rotatable bonds is 6. The third-order valence-electron chi connectivity index (χ3n) is 3.47. The van der Waals surface area contributed by atoms with Crippen molar-refractivity contribution in [3.05, 3.63) is 35.5 Å². The molecule has 4 nitrogen and oxygen atoms in total. The number of aryl methyl sites for hydroxylation is 1. The van der Waals surface area contributed by atoms with Gasteiger partial charge in [-0.15, -0.1) is 0 Å². The third-order valence-corrected chi connectivity index (χ3v) is 3.47. The van der Waals surface area contributed by atoms with Crippen molar-refractivity contribution in [1.82, 2.24) is 15.5 Å². The fourth-order valence-corrected chi connectivity index (χ4v) is 2.32. The zero-order valence-electron chi connectivity index (χ0n) is 13.0. The minimum Gasteiger partial charge on any atom is -0.339 e. The zero-order chi connectivity index (χ0) is 15.4. The summed E-state index contributed by atoms with van der Waals surface area (Å²) in [6, 6.07) is 5.14. The molecule has 0 spiro atoms. The summed E-state index contributed by atoms with van der Waals surface area (Å²) in [5.41, 5.74) is 1.35. The SMILES string of the molecule is CNC(Cc1nc(-c2ccc(F)c(C)c2)no1)CC(C)C. The first kappa shape index (κ1) is 15.6. The van der Waals surface area contributed by atoms with E-state index in [0.717, 1.165) is 12.0 Å². The van der Waals surface area contributed by atoms with Gasteiger partial charge in [0.05, 0.1) is 0 Å². The fourth-order valence-electron chi connectivity index (χ4n) is 2.32. The van der Waals surface area contributed by atoms with Crippen LogP contribution in [0.3, 0.4) is 0 Å². The maximum absolute atomic E-state index is 13.3. The summed E-state index contributed by atoms with van der Waals surface area (Å²) < 4.78 is 18.6. The highest BCUT2D eigenvalue weighted by Gasteiger charge is 2.15. The number of benzene rings is 1. The summed E-state index contributed by atoms with van der Waals surface area (Å²) in [7, 11) is 1.94. The molecule has 1 heterocycles. The molecule has 0 bridgehead atoms. The van der Waals surface area contributed by atoms with Crippen LogP contribution in [0.25, 0.3) is 11.4 Å². The summed E-state index contributed by atoms with van der Waals surface area (Å²) in [5.74, 6) is 1.48. The van der Waals surface area contributed by atoms with Crippen LogP contribution in [0.5, 0.6) is 0 Å². The van der Waals surface area contributed by atoms with Crippen LogP contribution in [0.4, 0.5) is 4.39 Å². The van der Waals surface area contributed by atoms with Gasteiger partial charge >= 0.3 is 0 Å². The highest BCUT2D eigenvalue weighted by atomic mass is 19.1. The molecule has 1 aromatic heterocycles. The van der Waals surface area contributed by atoms with E-state index in [4.69, 9.17) is 4.52 Å². The van der Waals surface area contributed by atoms with Crippen LogP contribution in [0.1, 0.15) is 31.7 Å². The molecule has 5 heteroatoms. The molecule has 2 rings (SSSR count). The summed E-state index contributed by atoms with van der Waals surface area (Å²) in [6.07, 6.45) is 1.74. The first-order valence-electron chi connectivity index (χ1n) is 7.26. The van der Waals surface area contributed by atoms with Gasteiger partial charge in [0.25, 0.3) is 0 Å². The minimum absolute atomic E-state index is 0.227. The minimum atomic E-state index is -0.227. The molecular weight excluding hydrogens is 269 g/mol. The molecule has 0 aliphatic heterocycles. The van der Waals surface area contributed by atoms with E-state index in [1.165, 1.54) is 6.07 Å². The average Bonchev–Trinajstić information content (AvgIpc) is 2.89. The van der Waals surface area contributed by atoms with Gasteiger partial charge in [-0.3, -0.25) is 0 Å². The van der Waals surface area contributed by atoms with Crippen LogP contribution in [0, 0.1) is 18.7 Å². The molecule has 1 aromatic carbocycles. The molecule has 1 N–H and O–H groups in total. The van der Waals surface area contributed by atoms with Crippen LogP contribution < -0.4 is 5.32 Å². The molecule has 0 amide bonds. The van der Waals surface area contributed by atoms with Gasteiger partial charge in [-0.1, -0.05) is 19.0 Å². The Morgan fingerprint density at radius 3 is 2.71 bits per heavy atom. The molecule has 1 atom stereocenters. The van der Waals surface area contributed by atoms with E-state index in [9.17, 15) is 4.39 Å². The van der Waals surface area contributed by atoms with Gasteiger partial charge in [0.15, 0.2) is 0 Å². The topological polar surface area (TPSA) is 51.0 Å². The van der Waals surface area contributed by atoms with Gasteiger partial charge in [-0.05, 0) is 50.1 Å². The van der Waals surface area contributed by atoms with Crippen molar-refractivity contribution in [1.29, 1.82) is 0 Å². The molecule has 0 radical (unpaired) electrons. The van der Waals surface area contributed by atoms with E-state index >= 15 is 0 Å². The predicted octanol–water partition coefficient (Wildman–Crippen LogP) is 3.36. The summed E-state index contributed by atoms with van der Waals surface area (Å²) in [4.78, 5) is 4.41. The molecule has 0 aliphatic rings. The molecule has 0 fully saturated rings. The number of hydrogen-bond donors (Lipinski definition) is 1. The molecule has 0 aliphatic carbocycles. The van der Waals surface area contributed by atoms with Crippen molar-refractivity contribution in [2.24, 2.45) is 5.92 Å². The zero-order valence-corrected chi connectivity index (χ0v) is 13.0. The number of aromatic nitrogens is 2. The van der Waals surface area contributed by atoms with E-state index in [1.54, 1.807) is 19.1 Å². The van der Waals surface area contributed by atoms with Crippen LogP contribution in [-0.4, -0.2) is 23.2 Å². The van der Waals surface area contributed by atoms with E-state index in [2.05, 4.69) is 29.3 Å². The molecule has 2 aromatic rings. The Bertz CT molecular complexity index is 595. The molecular formula is C16H22FN3O. The van der Waals surface area contributed by atoms with Crippen molar-refractivity contribution in [2.45, 2.75) is 39.7 Å². The van der Waals surface area contributed by atoms with Crippen molar-refractivity contribution in [3.8, 4) is 11.4 Å². The first-order chi connectivity index (χ1) is 9.99. The molecule has 21 heavy (non-hydrogen) atoms. The standard InChI is InChI=1S/C16H22FN3O/c1-10(2)7-13(18-4)9-15-19-16(20-21-15)12-5-6-14(17)11(3)8-12/h5-6,8,10,13,18H,7,9H2,1-4H3. The van der Waals surface area contributed by atoms with Crippen molar-refractivity contribution in [3.63, 3.8) is 0 Å². The Balaban J connectivity index is 2.11. The predicted molar refractivity (Wildman–Crippen MR) is 80.4 cm³/mol. The highest BCUT2D eigenvalue weighted by molar-refractivity contribution is 5.55. The maximum Gasteiger partial charge on any atom is 0.228 e. The van der Waals surface area contributed by atoms with E-state index in [1.807, 2.05) is 7.05 Å². The third kappa shape index (κ3) is 4.11. The lowest BCUT2D eigenvalue weighted by atomic mass is 10.0. The monoisotopic (exact) mass is 291 g/mol. The van der Waals surface area contributed by atoms with Gasteiger partial charge in [0.1, 0.15) is 5.82 Å². The second kappa shape index (κ2) is 6.80. The summed E-state index contributed by atoms with van der Waals surface area (Å²) in [5, 5.41) is 7.26. The van der Waals surface area contributed by atoms with E-state index in [-0.39, 0.29) is 5.82 Å². The van der Waals surface area contributed by atoms with Crippen LogP contribution in [-0.2, 0) is 6.42 Å². The second-order valence-electron chi connectivity index (χ2n) is 5.79. The lowest BCUT2D eigenvalue weighted by Gasteiger charge is -2.15. The fraction of sp³-hybridized carbons (Fsp3) is 0.500. The number of likely N-dealkylation sites (N-methyl/N-ethyl adjacent to an activating group) is 1. The molecule has 114 valence electrons. The normalized spacial score (nSPS) is 12.9. The van der Waals surface area contributed by atoms with Crippen molar-refractivity contribution >= 4 is 0 Å². The molecule has 0 saturated heterocycles. The van der Waals surface area contributed by atoms with Crippen LogP contribution in [0.15, 0.2) is 22.7 Å². The highest BCUT2D eigenvalue weighted by Crippen LogP contribution is 2.20. The molecule has 0 saturated carbocycles. The Labute approximate surface area is 124 Å². The van der Waals surface area contributed by atoms with Crippen molar-refractivity contribution in [2.75, 3.05) is 7.05 Å². The van der Waals surface area contributed by atoms with Gasteiger partial charge in [0.2, 0.25) is 11.7 Å². The average molecular weight is 291 g/mol. The Kier molecular flexibility index (Phi) is 5.07. The maximum atomic E-state index is 13.3. The Hall–Kier alpha value is -1.75. The van der Waals surface area contributed by atoms with Crippen LogP contribution >= 0.6 is 0 Å². The van der Waals surface area contributed by atoms with E-state index in [0.29, 0.717) is 35.7 Å². The first-order valence-corrected chi connectivity index (χ1v) is 7.26. The van der Waals surface area contributed by atoms with Gasteiger partial charge < -0.3 is 9.84 Å². The Morgan fingerprint density at radius 2 is 2.10 bits per heavy atom. The van der Waals surface area contributed by atoms with Gasteiger partial charge in [0, 0.05) is 18.0 Å². The largest absolute Gasteiger partial charge is 0.339 e. The summed E-state index contributed by atoms with van der Waals surface area (Å²) >= 11 is 0. The molecule has 1 unspecified atom stereocenters. The van der Waals surface area contributed by atoms with Gasteiger partial charge in [-0.2, -0.15) is 4.98 Å². The quantitative estimate of drug-likeness (QED) is 0.886. The number of nitrogens with zero attached hydrogens (tertiary/aromatic N) is 2. The lowest BCUT2D eigenvalue weighted by molar-refractivity contribution is 0.345. The smallest absolute Gasteiger partial charge is 0.228 e.